The summed E-state index contributed by atoms with van der Waals surface area (Å²) in [4.78, 5) is 14.6. The van der Waals surface area contributed by atoms with Crippen LogP contribution in [0.15, 0.2) is 24.3 Å². The summed E-state index contributed by atoms with van der Waals surface area (Å²) in [5.41, 5.74) is 2.04. The molecule has 6 nitrogen and oxygen atoms in total. The number of amidine groups is 2. The van der Waals surface area contributed by atoms with Gasteiger partial charge in [0.05, 0.1) is 12.1 Å². The topological polar surface area (TPSA) is 101 Å². The Balaban J connectivity index is 2.37. The molecule has 0 spiro atoms. The van der Waals surface area contributed by atoms with E-state index in [9.17, 15) is 4.79 Å². The Morgan fingerprint density at radius 1 is 1.10 bits per heavy atom. The van der Waals surface area contributed by atoms with Crippen molar-refractivity contribution in [2.24, 2.45) is 0 Å². The van der Waals surface area contributed by atoms with Crippen molar-refractivity contribution in [2.75, 3.05) is 4.90 Å². The van der Waals surface area contributed by atoms with E-state index in [0.717, 1.165) is 10.4 Å². The Morgan fingerprint density at radius 2 is 1.68 bits per heavy atom. The van der Waals surface area contributed by atoms with Gasteiger partial charge in [0, 0.05) is 27.4 Å². The van der Waals surface area contributed by atoms with Crippen LogP contribution < -0.4 is 4.90 Å². The van der Waals surface area contributed by atoms with E-state index in [1.807, 2.05) is 13.8 Å². The number of nitrogens with zero attached hydrogens (tertiary/aromatic N) is 1. The van der Waals surface area contributed by atoms with Gasteiger partial charge < -0.3 is 4.74 Å². The van der Waals surface area contributed by atoms with Crippen molar-refractivity contribution >= 4 is 51.3 Å². The van der Waals surface area contributed by atoms with Crippen molar-refractivity contribution in [3.63, 3.8) is 0 Å². The fourth-order valence-corrected chi connectivity index (χ4v) is 4.39. The number of thiophene rings is 1. The molecule has 166 valence electrons. The Morgan fingerprint density at radius 3 is 2.19 bits per heavy atom. The van der Waals surface area contributed by atoms with Crippen LogP contribution in [0, 0.1) is 30.1 Å². The molecule has 2 rings (SSSR count). The lowest BCUT2D eigenvalue weighted by atomic mass is 10.00. The molecule has 1 aromatic carbocycles. The number of aryl methyl sites for hydroxylation is 1. The van der Waals surface area contributed by atoms with E-state index < -0.39 is 5.60 Å². The minimum absolute atomic E-state index is 0.0488. The number of carbonyl (C=O) groups excluding carboxylic acids is 1. The van der Waals surface area contributed by atoms with E-state index in [1.165, 1.54) is 16.2 Å². The summed E-state index contributed by atoms with van der Waals surface area (Å²) in [6.07, 6.45) is 0.183. The maximum absolute atomic E-state index is 12.1. The average molecular weight is 461 g/mol. The predicted octanol–water partition coefficient (Wildman–Crippen LogP) is 6.34. The number of hydrogen-bond donors (Lipinski definition) is 3. The van der Waals surface area contributed by atoms with E-state index in [1.54, 1.807) is 52.0 Å². The number of benzene rings is 1. The second-order valence-electron chi connectivity index (χ2n) is 8.30. The zero-order valence-corrected chi connectivity index (χ0v) is 20.3. The molecule has 3 N–H and O–H groups in total. The van der Waals surface area contributed by atoms with Gasteiger partial charge in [-0.05, 0) is 59.2 Å². The van der Waals surface area contributed by atoms with Crippen LogP contribution in [0.1, 0.15) is 62.1 Å². The smallest absolute Gasteiger partial charge is 0.306 e. The van der Waals surface area contributed by atoms with Crippen LogP contribution in [0.4, 0.5) is 5.00 Å². The van der Waals surface area contributed by atoms with Crippen molar-refractivity contribution in [1.82, 2.24) is 0 Å². The summed E-state index contributed by atoms with van der Waals surface area (Å²) in [6.45, 7) is 10.9. The lowest BCUT2D eigenvalue weighted by Crippen LogP contribution is -2.35. The first kappa shape index (κ1) is 24.8. The van der Waals surface area contributed by atoms with Gasteiger partial charge in [0.25, 0.3) is 0 Å². The van der Waals surface area contributed by atoms with Gasteiger partial charge in [-0.3, -0.25) is 25.9 Å². The second kappa shape index (κ2) is 9.75. The lowest BCUT2D eigenvalue weighted by molar-refractivity contribution is -0.154. The highest BCUT2D eigenvalue weighted by molar-refractivity contribution is 7.17. The van der Waals surface area contributed by atoms with Crippen molar-refractivity contribution < 1.29 is 9.53 Å². The fourth-order valence-electron chi connectivity index (χ4n) is 3.02. The van der Waals surface area contributed by atoms with Gasteiger partial charge in [0.1, 0.15) is 22.3 Å². The van der Waals surface area contributed by atoms with E-state index >= 15 is 0 Å². The molecule has 0 fully saturated rings. The second-order valence-corrected chi connectivity index (χ2v) is 9.94. The quantitative estimate of drug-likeness (QED) is 0.266. The zero-order valence-electron chi connectivity index (χ0n) is 18.8. The van der Waals surface area contributed by atoms with Gasteiger partial charge in [-0.15, -0.1) is 11.3 Å². The van der Waals surface area contributed by atoms with E-state index in [4.69, 9.17) is 32.6 Å². The number of hydrogen-bond acceptors (Lipinski definition) is 6. The summed E-state index contributed by atoms with van der Waals surface area (Å²) in [6, 6.07) is 7.05. The lowest BCUT2D eigenvalue weighted by Gasteiger charge is -2.25. The molecular weight excluding hydrogens is 432 g/mol. The third kappa shape index (κ3) is 6.24. The molecule has 31 heavy (non-hydrogen) atoms. The van der Waals surface area contributed by atoms with E-state index in [-0.39, 0.29) is 30.5 Å². The number of carbonyl (C=O) groups is 1. The van der Waals surface area contributed by atoms with Gasteiger partial charge in [-0.1, -0.05) is 23.7 Å². The minimum Gasteiger partial charge on any atom is -0.460 e. The van der Waals surface area contributed by atoms with Crippen LogP contribution >= 0.6 is 22.9 Å². The van der Waals surface area contributed by atoms with Crippen molar-refractivity contribution in [3.05, 3.63) is 50.9 Å². The van der Waals surface area contributed by atoms with Crippen LogP contribution in [-0.2, 0) is 9.53 Å². The SMILES string of the molecule is CC(=N)N(C(=N)CCC(=O)OC(C)(C)C)c1sc(C)c(C)c1C(=N)c1ccc(Cl)cc1. The van der Waals surface area contributed by atoms with E-state index in [2.05, 4.69) is 0 Å². The van der Waals surface area contributed by atoms with Crippen LogP contribution in [0.5, 0.6) is 0 Å². The molecule has 8 heteroatoms. The minimum atomic E-state index is -0.584. The summed E-state index contributed by atoms with van der Waals surface area (Å²) in [5, 5.41) is 26.9. The molecule has 0 aliphatic heterocycles. The third-order valence-electron chi connectivity index (χ3n) is 4.54. The number of nitrogens with one attached hydrogen (secondary N) is 3. The van der Waals surface area contributed by atoms with Crippen LogP contribution in [0.2, 0.25) is 5.02 Å². The molecule has 0 saturated carbocycles. The summed E-state index contributed by atoms with van der Waals surface area (Å²) < 4.78 is 5.34. The first-order valence-electron chi connectivity index (χ1n) is 9.91. The highest BCUT2D eigenvalue weighted by Crippen LogP contribution is 2.37. The number of halogens is 1. The van der Waals surface area contributed by atoms with Gasteiger partial charge in [0.2, 0.25) is 0 Å². The molecule has 0 amide bonds. The molecule has 1 aromatic heterocycles. The van der Waals surface area contributed by atoms with Crippen LogP contribution in [0.3, 0.4) is 0 Å². The molecule has 0 atom stereocenters. The van der Waals surface area contributed by atoms with Gasteiger partial charge in [-0.25, -0.2) is 0 Å². The summed E-state index contributed by atoms with van der Waals surface area (Å²) in [7, 11) is 0. The zero-order chi connectivity index (χ0) is 23.5. The summed E-state index contributed by atoms with van der Waals surface area (Å²) >= 11 is 7.43. The van der Waals surface area contributed by atoms with Crippen LogP contribution in [0.25, 0.3) is 0 Å². The monoisotopic (exact) mass is 460 g/mol. The standard InChI is InChI=1S/C23H29ClN4O2S/c1-13-14(2)31-22(20(13)21(27)16-7-9-17(24)10-8-16)28(15(3)25)18(26)11-12-19(29)30-23(4,5)6/h7-10,25-27H,11-12H2,1-6H3. The predicted molar refractivity (Wildman–Crippen MR) is 130 cm³/mol. The molecule has 0 saturated heterocycles. The van der Waals surface area contributed by atoms with Gasteiger partial charge in [-0.2, -0.15) is 0 Å². The largest absolute Gasteiger partial charge is 0.460 e. The maximum atomic E-state index is 12.1. The number of ether oxygens (including phenoxy) is 1. The first-order chi connectivity index (χ1) is 14.3. The molecule has 0 bridgehead atoms. The number of esters is 1. The Bertz CT molecular complexity index is 1020. The first-order valence-corrected chi connectivity index (χ1v) is 11.1. The number of rotatable bonds is 6. The van der Waals surface area contributed by atoms with Crippen molar-refractivity contribution in [2.45, 2.75) is 60.0 Å². The van der Waals surface area contributed by atoms with Crippen molar-refractivity contribution in [1.29, 1.82) is 16.2 Å². The van der Waals surface area contributed by atoms with Crippen LogP contribution in [-0.4, -0.2) is 29.0 Å². The van der Waals surface area contributed by atoms with Crippen molar-refractivity contribution in [3.8, 4) is 0 Å². The fraction of sp³-hybridized carbons (Fsp3) is 0.391. The van der Waals surface area contributed by atoms with Gasteiger partial charge in [0.15, 0.2) is 0 Å². The molecular formula is C23H29ClN4O2S. The third-order valence-corrected chi connectivity index (χ3v) is 5.99. The maximum Gasteiger partial charge on any atom is 0.306 e. The highest BCUT2D eigenvalue weighted by atomic mass is 35.5. The van der Waals surface area contributed by atoms with Gasteiger partial charge >= 0.3 is 5.97 Å². The van der Waals surface area contributed by atoms with E-state index in [0.29, 0.717) is 26.9 Å². The Hall–Kier alpha value is -2.51. The molecule has 2 aromatic rings. The highest BCUT2D eigenvalue weighted by Gasteiger charge is 2.26. The Labute approximate surface area is 192 Å². The molecule has 1 heterocycles. The normalized spacial score (nSPS) is 11.2. The molecule has 0 aliphatic carbocycles. The average Bonchev–Trinajstić information content (AvgIpc) is 2.93. The molecule has 0 aliphatic rings. The summed E-state index contributed by atoms with van der Waals surface area (Å²) in [5.74, 6) is -0.113. The number of anilines is 1. The molecule has 0 radical (unpaired) electrons. The molecule has 0 unspecified atom stereocenters. The Kier molecular flexibility index (Phi) is 7.78.